The van der Waals surface area contributed by atoms with Gasteiger partial charge in [-0.15, -0.1) is 0 Å². The molecule has 0 radical (unpaired) electrons. The van der Waals surface area contributed by atoms with Crippen LogP contribution in [0.4, 0.5) is 0 Å². The second-order valence-corrected chi connectivity index (χ2v) is 24.1. The number of Topliss-reactive ketones (excluding diaryl/α,β-unsaturated/α-hetero) is 1. The SMILES string of the molecule is CC(C)C1=C2C3CC[C@@H]4[C@@]5(C)CC[C@H](OC(=O)[C@H]6C[C@@H](C(=O)O)C6(C)C)C(C)(C)[C@@H]5CC[C@@]4(C)[C@]3(C)CC[C@@]2(c2ncc(-c3ccc(O[C@@H]4CCOC4)cc3)n2CCN(C)C)CC1=O. The molecule has 64 heavy (non-hydrogen) atoms. The molecule has 350 valence electrons. The Hall–Kier alpha value is -3.50. The highest BCUT2D eigenvalue weighted by molar-refractivity contribution is 6.01. The largest absolute Gasteiger partial charge is 0.488 e. The van der Waals surface area contributed by atoms with Crippen LogP contribution in [0.2, 0.25) is 0 Å². The summed E-state index contributed by atoms with van der Waals surface area (Å²) in [5.41, 5.74) is 3.57. The molecule has 0 amide bonds. The minimum Gasteiger partial charge on any atom is -0.488 e. The molecule has 0 bridgehead atoms. The van der Waals surface area contributed by atoms with Gasteiger partial charge in [0.1, 0.15) is 23.8 Å². The summed E-state index contributed by atoms with van der Waals surface area (Å²) in [7, 11) is 4.26. The average molecular weight is 880 g/mol. The molecule has 1 N–H and O–H groups in total. The number of hydrogen-bond acceptors (Lipinski definition) is 8. The van der Waals surface area contributed by atoms with Gasteiger partial charge in [0, 0.05) is 36.9 Å². The maximum Gasteiger partial charge on any atom is 0.309 e. The predicted octanol–water partition coefficient (Wildman–Crippen LogP) is 10.2. The normalized spacial score (nSPS) is 38.6. The van der Waals surface area contributed by atoms with Gasteiger partial charge >= 0.3 is 11.9 Å². The minimum absolute atomic E-state index is 0.00150. The number of benzene rings is 1. The number of nitrogens with zero attached hydrogens (tertiary/aromatic N) is 3. The summed E-state index contributed by atoms with van der Waals surface area (Å²) in [6, 6.07) is 8.47. The third-order valence-electron chi connectivity index (χ3n) is 19.9. The zero-order valence-electron chi connectivity index (χ0n) is 40.9. The molecule has 1 aliphatic heterocycles. The maximum absolute atomic E-state index is 14.7. The zero-order chi connectivity index (χ0) is 45.9. The molecule has 7 aliphatic rings. The Bertz CT molecular complexity index is 2200. The molecule has 6 fully saturated rings. The van der Waals surface area contributed by atoms with E-state index in [1.54, 1.807) is 0 Å². The Morgan fingerprint density at radius 1 is 0.891 bits per heavy atom. The van der Waals surface area contributed by atoms with Crippen LogP contribution in [0.3, 0.4) is 0 Å². The molecular weight excluding hydrogens is 803 g/mol. The van der Waals surface area contributed by atoms with Gasteiger partial charge in [0.25, 0.3) is 0 Å². The van der Waals surface area contributed by atoms with Gasteiger partial charge in [-0.1, -0.05) is 62.3 Å². The maximum atomic E-state index is 14.7. The number of rotatable bonds is 11. The van der Waals surface area contributed by atoms with E-state index >= 15 is 0 Å². The summed E-state index contributed by atoms with van der Waals surface area (Å²) in [4.78, 5) is 48.0. The van der Waals surface area contributed by atoms with Crippen molar-refractivity contribution in [1.82, 2.24) is 14.5 Å². The number of imidazole rings is 1. The first-order valence-electron chi connectivity index (χ1n) is 24.9. The summed E-state index contributed by atoms with van der Waals surface area (Å²) >= 11 is 0. The molecule has 10 nitrogen and oxygen atoms in total. The summed E-state index contributed by atoms with van der Waals surface area (Å²) in [5, 5.41) is 9.74. The highest BCUT2D eigenvalue weighted by atomic mass is 16.6. The number of likely N-dealkylation sites (N-methyl/N-ethyl adjacent to an activating group) is 1. The Labute approximate surface area is 382 Å². The Kier molecular flexibility index (Phi) is 11.3. The van der Waals surface area contributed by atoms with Crippen LogP contribution in [-0.4, -0.2) is 83.3 Å². The predicted molar refractivity (Wildman–Crippen MR) is 248 cm³/mol. The van der Waals surface area contributed by atoms with E-state index in [-0.39, 0.29) is 57.6 Å². The van der Waals surface area contributed by atoms with Crippen LogP contribution in [0.1, 0.15) is 139 Å². The summed E-state index contributed by atoms with van der Waals surface area (Å²) in [5.74, 6) is 1.63. The number of carbonyl (C=O) groups is 3. The molecule has 2 aromatic rings. The second kappa shape index (κ2) is 15.8. The van der Waals surface area contributed by atoms with E-state index in [1.807, 2.05) is 13.8 Å². The lowest BCUT2D eigenvalue weighted by molar-refractivity contribution is -0.235. The molecule has 1 unspecified atom stereocenters. The first-order valence-corrected chi connectivity index (χ1v) is 24.9. The topological polar surface area (TPSA) is 120 Å². The lowest BCUT2D eigenvalue weighted by atomic mass is 9.33. The van der Waals surface area contributed by atoms with Crippen molar-refractivity contribution in [3.05, 3.63) is 47.4 Å². The Balaban J connectivity index is 1.02. The number of fused-ring (bicyclic) bond motifs is 7. The molecule has 1 aromatic heterocycles. The summed E-state index contributed by atoms with van der Waals surface area (Å²) in [6.45, 7) is 23.8. The first kappa shape index (κ1) is 45.6. The van der Waals surface area contributed by atoms with Gasteiger partial charge < -0.3 is 28.8 Å². The molecule has 1 aromatic carbocycles. The van der Waals surface area contributed by atoms with E-state index < -0.39 is 22.7 Å². The lowest BCUT2D eigenvalue weighted by Gasteiger charge is -2.72. The number of carboxylic acid groups (broad SMARTS) is 1. The van der Waals surface area contributed by atoms with Crippen LogP contribution in [-0.2, 0) is 35.8 Å². The number of allylic oxidation sites excluding steroid dienone is 2. The Morgan fingerprint density at radius 2 is 1.62 bits per heavy atom. The van der Waals surface area contributed by atoms with Crippen molar-refractivity contribution in [2.24, 2.45) is 62.6 Å². The summed E-state index contributed by atoms with van der Waals surface area (Å²) in [6.07, 6.45) is 11.9. The van der Waals surface area contributed by atoms with Crippen LogP contribution >= 0.6 is 0 Å². The van der Waals surface area contributed by atoms with Crippen LogP contribution in [0.5, 0.6) is 5.75 Å². The molecule has 0 spiro atoms. The fourth-order valence-electron chi connectivity index (χ4n) is 16.1. The first-order chi connectivity index (χ1) is 30.1. The molecule has 6 aliphatic carbocycles. The third kappa shape index (κ3) is 6.73. The van der Waals surface area contributed by atoms with Gasteiger partial charge in [-0.2, -0.15) is 0 Å². The van der Waals surface area contributed by atoms with Crippen molar-refractivity contribution in [2.75, 3.05) is 33.9 Å². The van der Waals surface area contributed by atoms with Gasteiger partial charge in [-0.3, -0.25) is 14.4 Å². The third-order valence-corrected chi connectivity index (χ3v) is 19.9. The van der Waals surface area contributed by atoms with E-state index in [9.17, 15) is 19.5 Å². The number of esters is 1. The van der Waals surface area contributed by atoms with Gasteiger partial charge in [0.2, 0.25) is 0 Å². The quantitative estimate of drug-likeness (QED) is 0.220. The van der Waals surface area contributed by atoms with Crippen molar-refractivity contribution in [2.45, 2.75) is 157 Å². The molecule has 2 heterocycles. The standard InChI is InChI=1S/C54H77N3O7/c1-32(2)44-40(58)29-54(48-55-30-39(57(48)26-25-56(10)11)33-12-14-34(15-13-33)63-35-20-27-62-31-35)24-23-52(8)36(45(44)54)16-17-42-51(7)21-19-43(50(5,6)41(51)18-22-53(42,52)9)64-47(61)38-28-37(46(59)60)49(38,3)4/h12-15,30,32,35-38,41-43H,16-29,31H2,1-11H3,(H,59,60)/t35-,36?,37+,38-,41+,42-,43+,51+,52-,53-,54-/m1/s1. The zero-order valence-corrected chi connectivity index (χ0v) is 40.9. The number of ether oxygens (including phenoxy) is 3. The van der Waals surface area contributed by atoms with Gasteiger partial charge in [-0.25, -0.2) is 4.98 Å². The van der Waals surface area contributed by atoms with Crippen molar-refractivity contribution < 1.29 is 33.7 Å². The van der Waals surface area contributed by atoms with Crippen LogP contribution < -0.4 is 4.74 Å². The van der Waals surface area contributed by atoms with E-state index in [0.717, 1.165) is 106 Å². The number of carboxylic acids is 1. The van der Waals surface area contributed by atoms with Crippen molar-refractivity contribution in [3.8, 4) is 17.0 Å². The monoisotopic (exact) mass is 880 g/mol. The molecule has 1 saturated heterocycles. The van der Waals surface area contributed by atoms with Crippen LogP contribution in [0.15, 0.2) is 41.6 Å². The van der Waals surface area contributed by atoms with E-state index in [2.05, 4.69) is 102 Å². The van der Waals surface area contributed by atoms with Crippen molar-refractivity contribution in [3.63, 3.8) is 0 Å². The highest BCUT2D eigenvalue weighted by Gasteiger charge is 2.71. The molecule has 10 heteroatoms. The van der Waals surface area contributed by atoms with Crippen LogP contribution in [0.25, 0.3) is 11.3 Å². The lowest BCUT2D eigenvalue weighted by Crippen LogP contribution is -2.66. The molecule has 5 saturated carbocycles. The van der Waals surface area contributed by atoms with Gasteiger partial charge in [-0.05, 0) is 153 Å². The smallest absolute Gasteiger partial charge is 0.309 e. The fraction of sp³-hybridized carbons (Fsp3) is 0.741. The second-order valence-electron chi connectivity index (χ2n) is 24.1. The number of aliphatic carboxylic acids is 1. The van der Waals surface area contributed by atoms with Gasteiger partial charge in [0.05, 0.1) is 42.4 Å². The minimum atomic E-state index is -0.823. The molecular formula is C54H77N3O7. The number of ketones is 1. The number of aromatic nitrogens is 2. The van der Waals surface area contributed by atoms with E-state index in [4.69, 9.17) is 19.2 Å². The van der Waals surface area contributed by atoms with Crippen molar-refractivity contribution in [1.29, 1.82) is 0 Å². The number of hydrogen-bond donors (Lipinski definition) is 1. The van der Waals surface area contributed by atoms with E-state index in [1.165, 1.54) is 5.57 Å². The number of carbonyl (C=O) groups excluding carboxylic acids is 2. The van der Waals surface area contributed by atoms with Gasteiger partial charge in [0.15, 0.2) is 5.78 Å². The summed E-state index contributed by atoms with van der Waals surface area (Å²) < 4.78 is 20.8. The average Bonchev–Trinajstić information content (AvgIpc) is 3.96. The fourth-order valence-corrected chi connectivity index (χ4v) is 16.1. The van der Waals surface area contributed by atoms with Crippen LogP contribution in [0, 0.1) is 62.6 Å². The van der Waals surface area contributed by atoms with E-state index in [0.29, 0.717) is 37.1 Å². The molecule has 9 rings (SSSR count). The Morgan fingerprint density at radius 3 is 2.27 bits per heavy atom. The highest BCUT2D eigenvalue weighted by Crippen LogP contribution is 2.77. The molecule has 11 atom stereocenters. The van der Waals surface area contributed by atoms with Crippen molar-refractivity contribution >= 4 is 17.7 Å².